The molecule has 27 heavy (non-hydrogen) atoms. The highest BCUT2D eigenvalue weighted by molar-refractivity contribution is 6.03. The summed E-state index contributed by atoms with van der Waals surface area (Å²) in [5.74, 6) is 0.809. The fourth-order valence-electron chi connectivity index (χ4n) is 2.75. The van der Waals surface area contributed by atoms with Crippen molar-refractivity contribution in [3.63, 3.8) is 0 Å². The lowest BCUT2D eigenvalue weighted by molar-refractivity contribution is 0.102. The molecule has 3 aromatic rings. The van der Waals surface area contributed by atoms with E-state index in [1.165, 1.54) is 11.9 Å². The van der Waals surface area contributed by atoms with E-state index in [9.17, 15) is 4.79 Å². The van der Waals surface area contributed by atoms with Crippen LogP contribution in [0.3, 0.4) is 0 Å². The van der Waals surface area contributed by atoms with Crippen molar-refractivity contribution in [3.8, 4) is 0 Å². The Morgan fingerprint density at radius 1 is 0.889 bits per heavy atom. The van der Waals surface area contributed by atoms with Gasteiger partial charge in [0, 0.05) is 17.8 Å². The first-order valence-electron chi connectivity index (χ1n) is 9.08. The van der Waals surface area contributed by atoms with Gasteiger partial charge >= 0.3 is 0 Å². The standard InChI is InChI=1S/C22H24N4O/c1-15(2)17-9-11-19(12-10-17)26-22(27)20-13-21(24-14-23-20)25-16(3)18-7-5-4-6-8-18/h4-16H,1-3H3,(H,26,27)(H,23,24,25). The Morgan fingerprint density at radius 3 is 2.26 bits per heavy atom. The number of amides is 1. The largest absolute Gasteiger partial charge is 0.363 e. The molecule has 3 rings (SSSR count). The second-order valence-electron chi connectivity index (χ2n) is 6.80. The first-order chi connectivity index (χ1) is 13.0. The molecule has 138 valence electrons. The molecule has 0 fully saturated rings. The summed E-state index contributed by atoms with van der Waals surface area (Å²) in [7, 11) is 0. The molecule has 2 aromatic carbocycles. The maximum atomic E-state index is 12.5. The van der Waals surface area contributed by atoms with Gasteiger partial charge in [-0.2, -0.15) is 0 Å². The average Bonchev–Trinajstić information content (AvgIpc) is 2.69. The van der Waals surface area contributed by atoms with Gasteiger partial charge in [0.05, 0.1) is 0 Å². The quantitative estimate of drug-likeness (QED) is 0.647. The van der Waals surface area contributed by atoms with Crippen LogP contribution in [0.5, 0.6) is 0 Å². The molecule has 5 nitrogen and oxygen atoms in total. The van der Waals surface area contributed by atoms with Crippen LogP contribution in [-0.4, -0.2) is 15.9 Å². The zero-order valence-electron chi connectivity index (χ0n) is 15.8. The zero-order chi connectivity index (χ0) is 19.2. The van der Waals surface area contributed by atoms with Gasteiger partial charge < -0.3 is 10.6 Å². The van der Waals surface area contributed by atoms with Gasteiger partial charge in [0.1, 0.15) is 17.8 Å². The van der Waals surface area contributed by atoms with Gasteiger partial charge in [0.2, 0.25) is 0 Å². The number of hydrogen-bond acceptors (Lipinski definition) is 4. The predicted octanol–water partition coefficient (Wildman–Crippen LogP) is 5.03. The molecule has 0 spiro atoms. The Bertz CT molecular complexity index is 892. The first-order valence-corrected chi connectivity index (χ1v) is 9.08. The average molecular weight is 360 g/mol. The normalized spacial score (nSPS) is 11.9. The minimum Gasteiger partial charge on any atom is -0.363 e. The van der Waals surface area contributed by atoms with Crippen LogP contribution in [0.1, 0.15) is 54.3 Å². The van der Waals surface area contributed by atoms with Crippen LogP contribution in [0, 0.1) is 0 Å². The van der Waals surface area contributed by atoms with Crippen molar-refractivity contribution in [2.45, 2.75) is 32.7 Å². The number of carbonyl (C=O) groups excluding carboxylic acids is 1. The third-order valence-corrected chi connectivity index (χ3v) is 4.40. The van der Waals surface area contributed by atoms with Crippen molar-refractivity contribution < 1.29 is 4.79 Å². The Balaban J connectivity index is 1.68. The summed E-state index contributed by atoms with van der Waals surface area (Å²) in [5, 5.41) is 6.19. The summed E-state index contributed by atoms with van der Waals surface area (Å²) in [6.45, 7) is 6.33. The Morgan fingerprint density at radius 2 is 1.59 bits per heavy atom. The molecule has 1 aromatic heterocycles. The summed E-state index contributed by atoms with van der Waals surface area (Å²) >= 11 is 0. The molecule has 1 unspecified atom stereocenters. The van der Waals surface area contributed by atoms with Gasteiger partial charge in [-0.05, 0) is 36.1 Å². The molecule has 2 N–H and O–H groups in total. The summed E-state index contributed by atoms with van der Waals surface area (Å²) in [5.41, 5.74) is 3.44. The summed E-state index contributed by atoms with van der Waals surface area (Å²) in [6.07, 6.45) is 1.40. The summed E-state index contributed by atoms with van der Waals surface area (Å²) in [4.78, 5) is 20.8. The van der Waals surface area contributed by atoms with Gasteiger partial charge in [0.25, 0.3) is 5.91 Å². The van der Waals surface area contributed by atoms with E-state index in [0.29, 0.717) is 17.4 Å². The van der Waals surface area contributed by atoms with E-state index < -0.39 is 0 Å². The van der Waals surface area contributed by atoms with E-state index in [0.717, 1.165) is 11.3 Å². The molecule has 0 radical (unpaired) electrons. The molecule has 0 bridgehead atoms. The maximum absolute atomic E-state index is 12.5. The van der Waals surface area contributed by atoms with Gasteiger partial charge in [-0.15, -0.1) is 0 Å². The molecule has 1 heterocycles. The molecular formula is C22H24N4O. The van der Waals surface area contributed by atoms with Gasteiger partial charge in [0.15, 0.2) is 0 Å². The van der Waals surface area contributed by atoms with E-state index in [4.69, 9.17) is 0 Å². The molecular weight excluding hydrogens is 336 g/mol. The number of hydrogen-bond donors (Lipinski definition) is 2. The molecule has 0 saturated heterocycles. The van der Waals surface area contributed by atoms with Crippen molar-refractivity contribution >= 4 is 17.4 Å². The van der Waals surface area contributed by atoms with Crippen LogP contribution >= 0.6 is 0 Å². The van der Waals surface area contributed by atoms with E-state index in [1.54, 1.807) is 6.07 Å². The van der Waals surface area contributed by atoms with Crippen molar-refractivity contribution in [1.29, 1.82) is 0 Å². The van der Waals surface area contributed by atoms with Crippen molar-refractivity contribution in [2.75, 3.05) is 10.6 Å². The molecule has 0 aliphatic heterocycles. The number of benzene rings is 2. The van der Waals surface area contributed by atoms with E-state index in [1.807, 2.05) is 61.5 Å². The lowest BCUT2D eigenvalue weighted by atomic mass is 10.0. The fraction of sp³-hybridized carbons (Fsp3) is 0.227. The van der Waals surface area contributed by atoms with Gasteiger partial charge in [-0.25, -0.2) is 9.97 Å². The van der Waals surface area contributed by atoms with Crippen LogP contribution in [-0.2, 0) is 0 Å². The molecule has 1 amide bonds. The van der Waals surface area contributed by atoms with Crippen LogP contribution in [0.2, 0.25) is 0 Å². The molecule has 0 aliphatic rings. The smallest absolute Gasteiger partial charge is 0.274 e. The Hall–Kier alpha value is -3.21. The summed E-state index contributed by atoms with van der Waals surface area (Å²) < 4.78 is 0. The predicted molar refractivity (Wildman–Crippen MR) is 109 cm³/mol. The number of nitrogens with one attached hydrogen (secondary N) is 2. The number of rotatable bonds is 6. The minimum absolute atomic E-state index is 0.0700. The number of anilines is 2. The van der Waals surface area contributed by atoms with Gasteiger partial charge in [-0.1, -0.05) is 56.3 Å². The van der Waals surface area contributed by atoms with E-state index in [2.05, 4.69) is 34.4 Å². The lowest BCUT2D eigenvalue weighted by Crippen LogP contribution is -2.15. The van der Waals surface area contributed by atoms with Crippen molar-refractivity contribution in [3.05, 3.63) is 83.8 Å². The highest BCUT2D eigenvalue weighted by atomic mass is 16.1. The van der Waals surface area contributed by atoms with Crippen LogP contribution in [0.15, 0.2) is 67.0 Å². The zero-order valence-corrected chi connectivity index (χ0v) is 15.8. The SMILES string of the molecule is CC(C)c1ccc(NC(=O)c2cc(NC(C)c3ccccc3)ncn2)cc1. The van der Waals surface area contributed by atoms with E-state index >= 15 is 0 Å². The van der Waals surface area contributed by atoms with Crippen molar-refractivity contribution in [1.82, 2.24) is 9.97 Å². The first kappa shape index (κ1) is 18.6. The van der Waals surface area contributed by atoms with Crippen LogP contribution < -0.4 is 10.6 Å². The van der Waals surface area contributed by atoms with Gasteiger partial charge in [-0.3, -0.25) is 4.79 Å². The molecule has 0 saturated carbocycles. The topological polar surface area (TPSA) is 66.9 Å². The lowest BCUT2D eigenvalue weighted by Gasteiger charge is -2.15. The van der Waals surface area contributed by atoms with E-state index in [-0.39, 0.29) is 11.9 Å². The highest BCUT2D eigenvalue weighted by Crippen LogP contribution is 2.19. The second kappa shape index (κ2) is 8.45. The number of nitrogens with zero attached hydrogens (tertiary/aromatic N) is 2. The number of aromatic nitrogens is 2. The Labute approximate surface area is 159 Å². The molecule has 1 atom stereocenters. The molecule has 0 aliphatic carbocycles. The van der Waals surface area contributed by atoms with Crippen molar-refractivity contribution in [2.24, 2.45) is 0 Å². The van der Waals surface area contributed by atoms with Crippen LogP contribution in [0.4, 0.5) is 11.5 Å². The number of carbonyl (C=O) groups is 1. The second-order valence-corrected chi connectivity index (χ2v) is 6.80. The third kappa shape index (κ3) is 4.91. The highest BCUT2D eigenvalue weighted by Gasteiger charge is 2.11. The Kier molecular flexibility index (Phi) is 5.81. The minimum atomic E-state index is -0.259. The fourth-order valence-corrected chi connectivity index (χ4v) is 2.75. The maximum Gasteiger partial charge on any atom is 0.274 e. The monoisotopic (exact) mass is 360 g/mol. The van der Waals surface area contributed by atoms with Crippen LogP contribution in [0.25, 0.3) is 0 Å². The summed E-state index contributed by atoms with van der Waals surface area (Å²) in [6, 6.07) is 19.7. The molecule has 5 heteroatoms. The third-order valence-electron chi connectivity index (χ3n) is 4.40.